The maximum absolute atomic E-state index is 13.8. The molecule has 1 nitrogen and oxygen atoms in total. The number of benzene rings is 2. The second kappa shape index (κ2) is 8.32. The van der Waals surface area contributed by atoms with Gasteiger partial charge in [-0.2, -0.15) is 0 Å². The lowest BCUT2D eigenvalue weighted by Gasteiger charge is -2.28. The molecule has 0 amide bonds. The standard InChI is InChI=1S/C22H24F4O/c1-2-15-3-8-18(9-4-15)19-10-5-16(6-11-19)13-17-7-12-21(20(23)14-17)27-22(24,25)26/h5-7,10-12,14-15,18H,2-4,8-9,13H2,1H3. The number of hydrogen-bond acceptors (Lipinski definition) is 1. The molecule has 1 aliphatic rings. The average molecular weight is 380 g/mol. The van der Waals surface area contributed by atoms with Gasteiger partial charge in [-0.3, -0.25) is 0 Å². The van der Waals surface area contributed by atoms with Crippen LogP contribution in [0.3, 0.4) is 0 Å². The number of alkyl halides is 3. The Kier molecular flexibility index (Phi) is 6.08. The van der Waals surface area contributed by atoms with E-state index in [0.717, 1.165) is 23.6 Å². The topological polar surface area (TPSA) is 9.23 Å². The summed E-state index contributed by atoms with van der Waals surface area (Å²) >= 11 is 0. The Hall–Kier alpha value is -2.04. The molecule has 146 valence electrons. The quantitative estimate of drug-likeness (QED) is 0.508. The summed E-state index contributed by atoms with van der Waals surface area (Å²) in [6, 6.07) is 11.9. The third-order valence-electron chi connectivity index (χ3n) is 5.51. The molecule has 0 bridgehead atoms. The second-order valence-electron chi connectivity index (χ2n) is 7.36. The van der Waals surface area contributed by atoms with Crippen LogP contribution in [0, 0.1) is 11.7 Å². The van der Waals surface area contributed by atoms with Gasteiger partial charge in [-0.15, -0.1) is 13.2 Å². The van der Waals surface area contributed by atoms with E-state index in [1.165, 1.54) is 43.7 Å². The summed E-state index contributed by atoms with van der Waals surface area (Å²) in [5, 5.41) is 0. The van der Waals surface area contributed by atoms with Gasteiger partial charge in [0.15, 0.2) is 11.6 Å². The minimum absolute atomic E-state index is 0.464. The van der Waals surface area contributed by atoms with Gasteiger partial charge in [0.2, 0.25) is 0 Å². The molecule has 0 unspecified atom stereocenters. The molecule has 0 heterocycles. The summed E-state index contributed by atoms with van der Waals surface area (Å²) in [6.07, 6.45) is 1.85. The van der Waals surface area contributed by atoms with Gasteiger partial charge in [0.05, 0.1) is 0 Å². The van der Waals surface area contributed by atoms with Crippen LogP contribution in [0.25, 0.3) is 0 Å². The van der Waals surface area contributed by atoms with Gasteiger partial charge in [0.1, 0.15) is 0 Å². The zero-order valence-electron chi connectivity index (χ0n) is 15.4. The molecule has 0 saturated heterocycles. The minimum atomic E-state index is -4.89. The fourth-order valence-corrected chi connectivity index (χ4v) is 3.91. The molecular formula is C22H24F4O. The highest BCUT2D eigenvalue weighted by molar-refractivity contribution is 5.34. The summed E-state index contributed by atoms with van der Waals surface area (Å²) in [7, 11) is 0. The third kappa shape index (κ3) is 5.47. The Labute approximate surface area is 157 Å². The maximum Gasteiger partial charge on any atom is 0.573 e. The average Bonchev–Trinajstić information content (AvgIpc) is 2.64. The van der Waals surface area contributed by atoms with Gasteiger partial charge in [-0.25, -0.2) is 4.39 Å². The molecular weight excluding hydrogens is 356 g/mol. The van der Waals surface area contributed by atoms with E-state index in [2.05, 4.69) is 23.8 Å². The summed E-state index contributed by atoms with van der Waals surface area (Å²) in [5.41, 5.74) is 2.96. The lowest BCUT2D eigenvalue weighted by Crippen LogP contribution is -2.18. The fraction of sp³-hybridized carbons (Fsp3) is 0.455. The van der Waals surface area contributed by atoms with E-state index in [9.17, 15) is 17.6 Å². The Bertz CT molecular complexity index is 744. The Morgan fingerprint density at radius 3 is 2.11 bits per heavy atom. The van der Waals surface area contributed by atoms with Gasteiger partial charge in [0.25, 0.3) is 0 Å². The smallest absolute Gasteiger partial charge is 0.403 e. The van der Waals surface area contributed by atoms with E-state index in [4.69, 9.17) is 0 Å². The molecule has 0 spiro atoms. The zero-order valence-corrected chi connectivity index (χ0v) is 15.4. The van der Waals surface area contributed by atoms with Crippen LogP contribution < -0.4 is 4.74 Å². The van der Waals surface area contributed by atoms with E-state index in [1.54, 1.807) is 0 Å². The van der Waals surface area contributed by atoms with Crippen molar-refractivity contribution in [2.75, 3.05) is 0 Å². The predicted molar refractivity (Wildman–Crippen MR) is 97.3 cm³/mol. The van der Waals surface area contributed by atoms with Crippen LogP contribution >= 0.6 is 0 Å². The molecule has 0 atom stereocenters. The molecule has 3 rings (SSSR count). The first-order chi connectivity index (χ1) is 12.8. The lowest BCUT2D eigenvalue weighted by molar-refractivity contribution is -0.275. The van der Waals surface area contributed by atoms with Gasteiger partial charge >= 0.3 is 6.36 Å². The molecule has 1 aliphatic carbocycles. The van der Waals surface area contributed by atoms with Crippen molar-refractivity contribution in [3.05, 3.63) is 65.0 Å². The Balaban J connectivity index is 1.62. The molecule has 0 aliphatic heterocycles. The normalized spacial score (nSPS) is 20.5. The SMILES string of the molecule is CCC1CCC(c2ccc(Cc3ccc(OC(F)(F)F)c(F)c3)cc2)CC1. The molecule has 2 aromatic carbocycles. The van der Waals surface area contributed by atoms with Crippen molar-refractivity contribution in [3.63, 3.8) is 0 Å². The molecule has 5 heteroatoms. The van der Waals surface area contributed by atoms with Crippen molar-refractivity contribution in [1.82, 2.24) is 0 Å². The first-order valence-electron chi connectivity index (χ1n) is 9.47. The second-order valence-corrected chi connectivity index (χ2v) is 7.36. The monoisotopic (exact) mass is 380 g/mol. The number of halogens is 4. The highest BCUT2D eigenvalue weighted by atomic mass is 19.4. The summed E-state index contributed by atoms with van der Waals surface area (Å²) in [5.74, 6) is -0.337. The Morgan fingerprint density at radius 2 is 1.56 bits per heavy atom. The largest absolute Gasteiger partial charge is 0.573 e. The number of hydrogen-bond donors (Lipinski definition) is 0. The van der Waals surface area contributed by atoms with Crippen LogP contribution in [-0.4, -0.2) is 6.36 Å². The van der Waals surface area contributed by atoms with E-state index in [-0.39, 0.29) is 0 Å². The van der Waals surface area contributed by atoms with E-state index >= 15 is 0 Å². The highest BCUT2D eigenvalue weighted by Gasteiger charge is 2.32. The molecule has 2 aromatic rings. The van der Waals surface area contributed by atoms with Crippen LogP contribution in [-0.2, 0) is 6.42 Å². The van der Waals surface area contributed by atoms with Gasteiger partial charge in [-0.05, 0) is 72.8 Å². The van der Waals surface area contributed by atoms with Crippen molar-refractivity contribution in [2.45, 2.75) is 57.7 Å². The van der Waals surface area contributed by atoms with E-state index in [0.29, 0.717) is 17.9 Å². The van der Waals surface area contributed by atoms with Crippen LogP contribution in [0.1, 0.15) is 61.6 Å². The number of rotatable bonds is 5. The molecule has 0 N–H and O–H groups in total. The maximum atomic E-state index is 13.8. The van der Waals surface area contributed by atoms with Crippen molar-refractivity contribution < 1.29 is 22.3 Å². The van der Waals surface area contributed by atoms with Crippen molar-refractivity contribution in [1.29, 1.82) is 0 Å². The zero-order chi connectivity index (χ0) is 19.4. The van der Waals surface area contributed by atoms with Crippen LogP contribution in [0.5, 0.6) is 5.75 Å². The fourth-order valence-electron chi connectivity index (χ4n) is 3.91. The number of ether oxygens (including phenoxy) is 1. The molecule has 0 radical (unpaired) electrons. The predicted octanol–water partition coefficient (Wildman–Crippen LogP) is 7.00. The first-order valence-corrected chi connectivity index (χ1v) is 9.47. The highest BCUT2D eigenvalue weighted by Crippen LogP contribution is 2.37. The van der Waals surface area contributed by atoms with Gasteiger partial charge in [0, 0.05) is 0 Å². The summed E-state index contributed by atoms with van der Waals surface area (Å²) < 4.78 is 54.1. The van der Waals surface area contributed by atoms with Gasteiger partial charge in [-0.1, -0.05) is 43.7 Å². The van der Waals surface area contributed by atoms with E-state index < -0.39 is 17.9 Å². The van der Waals surface area contributed by atoms with Gasteiger partial charge < -0.3 is 4.74 Å². The lowest BCUT2D eigenvalue weighted by atomic mass is 9.78. The summed E-state index contributed by atoms with van der Waals surface area (Å²) in [6.45, 7) is 2.25. The minimum Gasteiger partial charge on any atom is -0.403 e. The third-order valence-corrected chi connectivity index (χ3v) is 5.51. The van der Waals surface area contributed by atoms with Crippen molar-refractivity contribution in [3.8, 4) is 5.75 Å². The molecule has 0 aromatic heterocycles. The van der Waals surface area contributed by atoms with Crippen molar-refractivity contribution in [2.24, 2.45) is 5.92 Å². The van der Waals surface area contributed by atoms with Crippen molar-refractivity contribution >= 4 is 0 Å². The molecule has 1 saturated carbocycles. The van der Waals surface area contributed by atoms with E-state index in [1.807, 2.05) is 12.1 Å². The van der Waals surface area contributed by atoms with Crippen LogP contribution in [0.4, 0.5) is 17.6 Å². The molecule has 27 heavy (non-hydrogen) atoms. The van der Waals surface area contributed by atoms with Crippen LogP contribution in [0.2, 0.25) is 0 Å². The summed E-state index contributed by atoms with van der Waals surface area (Å²) in [4.78, 5) is 0. The van der Waals surface area contributed by atoms with Crippen LogP contribution in [0.15, 0.2) is 42.5 Å². The Morgan fingerprint density at radius 1 is 0.926 bits per heavy atom. The molecule has 1 fully saturated rings. The first kappa shape index (κ1) is 19.7.